The van der Waals surface area contributed by atoms with Crippen molar-refractivity contribution in [3.05, 3.63) is 57.9 Å². The number of non-ortho nitro benzene ring substituents is 1. The van der Waals surface area contributed by atoms with Crippen molar-refractivity contribution in [1.29, 1.82) is 0 Å². The molecule has 3 rings (SSSR count). The third-order valence-electron chi connectivity index (χ3n) is 4.05. The van der Waals surface area contributed by atoms with Gasteiger partial charge in [-0.15, -0.1) is 0 Å². The number of nitro benzene ring substituents is 1. The van der Waals surface area contributed by atoms with E-state index in [4.69, 9.17) is 0 Å². The highest BCUT2D eigenvalue weighted by Crippen LogP contribution is 2.25. The number of benzene rings is 1. The van der Waals surface area contributed by atoms with E-state index < -0.39 is 16.6 Å². The Labute approximate surface area is 137 Å². The van der Waals surface area contributed by atoms with Crippen LogP contribution < -0.4 is 5.32 Å². The van der Waals surface area contributed by atoms with Crippen LogP contribution in [0.5, 0.6) is 0 Å². The average Bonchev–Trinajstić information content (AvgIpc) is 3.00. The van der Waals surface area contributed by atoms with E-state index in [0.717, 1.165) is 18.2 Å². The number of carbonyl (C=O) groups is 1. The third-order valence-corrected chi connectivity index (χ3v) is 4.05. The standard InChI is InChI=1S/C15H16FN5O3/c1-19-6-5-18-14(19)13-9-17-4-7-20(13)15(22)11-3-2-10(21(23)24)8-12(11)16/h2-3,5-6,8,13,17H,4,7,9H2,1H3. The molecule has 8 nitrogen and oxygen atoms in total. The van der Waals surface area contributed by atoms with E-state index in [9.17, 15) is 19.3 Å². The highest BCUT2D eigenvalue weighted by molar-refractivity contribution is 5.95. The molecule has 0 aliphatic carbocycles. The number of nitrogens with zero attached hydrogens (tertiary/aromatic N) is 4. The van der Waals surface area contributed by atoms with Gasteiger partial charge in [0, 0.05) is 45.1 Å². The Bertz CT molecular complexity index is 791. The number of carbonyl (C=O) groups excluding carboxylic acids is 1. The van der Waals surface area contributed by atoms with Crippen molar-refractivity contribution in [2.45, 2.75) is 6.04 Å². The first-order valence-electron chi connectivity index (χ1n) is 7.42. The Hall–Kier alpha value is -2.81. The molecule has 2 heterocycles. The van der Waals surface area contributed by atoms with E-state index in [2.05, 4.69) is 10.3 Å². The summed E-state index contributed by atoms with van der Waals surface area (Å²) in [6.07, 6.45) is 3.41. The molecule has 126 valence electrons. The van der Waals surface area contributed by atoms with Gasteiger partial charge in [-0.05, 0) is 6.07 Å². The molecular weight excluding hydrogens is 317 g/mol. The predicted molar refractivity (Wildman–Crippen MR) is 82.9 cm³/mol. The van der Waals surface area contributed by atoms with E-state index in [-0.39, 0.29) is 17.3 Å². The molecule has 24 heavy (non-hydrogen) atoms. The van der Waals surface area contributed by atoms with Crippen LogP contribution in [0.2, 0.25) is 0 Å². The SMILES string of the molecule is Cn1ccnc1C1CNCCN1C(=O)c1ccc([N+](=O)[O-])cc1F. The van der Waals surface area contributed by atoms with Crippen LogP contribution in [0.1, 0.15) is 22.2 Å². The normalized spacial score (nSPS) is 17.8. The van der Waals surface area contributed by atoms with Gasteiger partial charge in [0.2, 0.25) is 0 Å². The molecule has 1 fully saturated rings. The summed E-state index contributed by atoms with van der Waals surface area (Å²) in [6.45, 7) is 1.49. The van der Waals surface area contributed by atoms with E-state index >= 15 is 0 Å². The molecule has 1 unspecified atom stereocenters. The zero-order valence-corrected chi connectivity index (χ0v) is 13.0. The van der Waals surface area contributed by atoms with Gasteiger partial charge in [0.25, 0.3) is 11.6 Å². The fourth-order valence-electron chi connectivity index (χ4n) is 2.82. The van der Waals surface area contributed by atoms with Gasteiger partial charge in [-0.2, -0.15) is 0 Å². The number of halogens is 1. The molecule has 1 aliphatic rings. The van der Waals surface area contributed by atoms with Gasteiger partial charge in [-0.1, -0.05) is 0 Å². The van der Waals surface area contributed by atoms with Gasteiger partial charge >= 0.3 is 0 Å². The molecule has 0 saturated carbocycles. The number of rotatable bonds is 3. The minimum Gasteiger partial charge on any atom is -0.336 e. The smallest absolute Gasteiger partial charge is 0.272 e. The number of aromatic nitrogens is 2. The number of nitrogens with one attached hydrogen (secondary N) is 1. The van der Waals surface area contributed by atoms with E-state index in [0.29, 0.717) is 25.5 Å². The van der Waals surface area contributed by atoms with Gasteiger partial charge in [0.05, 0.1) is 16.6 Å². The fourth-order valence-corrected chi connectivity index (χ4v) is 2.82. The summed E-state index contributed by atoms with van der Waals surface area (Å²) >= 11 is 0. The second-order valence-corrected chi connectivity index (χ2v) is 5.54. The minimum absolute atomic E-state index is 0.179. The molecule has 1 aromatic heterocycles. The van der Waals surface area contributed by atoms with Gasteiger partial charge in [0.15, 0.2) is 0 Å². The maximum Gasteiger partial charge on any atom is 0.272 e. The zero-order valence-electron chi connectivity index (χ0n) is 13.0. The maximum atomic E-state index is 14.2. The Morgan fingerprint density at radius 1 is 1.50 bits per heavy atom. The van der Waals surface area contributed by atoms with Gasteiger partial charge in [-0.25, -0.2) is 9.37 Å². The number of aryl methyl sites for hydroxylation is 1. The molecule has 1 saturated heterocycles. The summed E-state index contributed by atoms with van der Waals surface area (Å²) in [5, 5.41) is 13.9. The molecule has 1 aromatic carbocycles. The zero-order chi connectivity index (χ0) is 17.3. The Morgan fingerprint density at radius 3 is 2.92 bits per heavy atom. The van der Waals surface area contributed by atoms with Gasteiger partial charge < -0.3 is 14.8 Å². The first-order valence-corrected chi connectivity index (χ1v) is 7.42. The van der Waals surface area contributed by atoms with Gasteiger partial charge in [0.1, 0.15) is 17.7 Å². The highest BCUT2D eigenvalue weighted by Gasteiger charge is 2.32. The Kier molecular flexibility index (Phi) is 4.26. The topological polar surface area (TPSA) is 93.3 Å². The van der Waals surface area contributed by atoms with Gasteiger partial charge in [-0.3, -0.25) is 14.9 Å². The van der Waals surface area contributed by atoms with Crippen LogP contribution in [-0.4, -0.2) is 44.9 Å². The summed E-state index contributed by atoms with van der Waals surface area (Å²) in [4.78, 5) is 28.6. The van der Waals surface area contributed by atoms with Crippen molar-refractivity contribution in [3.63, 3.8) is 0 Å². The minimum atomic E-state index is -0.897. The maximum absolute atomic E-state index is 14.2. The Morgan fingerprint density at radius 2 is 2.29 bits per heavy atom. The number of piperazine rings is 1. The predicted octanol–water partition coefficient (Wildman–Crippen LogP) is 1.25. The van der Waals surface area contributed by atoms with Crippen LogP contribution in [0.15, 0.2) is 30.6 Å². The van der Waals surface area contributed by atoms with Crippen LogP contribution in [0.25, 0.3) is 0 Å². The molecule has 2 aromatic rings. The van der Waals surface area contributed by atoms with E-state index in [1.165, 1.54) is 0 Å². The monoisotopic (exact) mass is 333 g/mol. The summed E-state index contributed by atoms with van der Waals surface area (Å²) in [6, 6.07) is 2.73. The number of imidazole rings is 1. The quantitative estimate of drug-likeness (QED) is 0.674. The number of hydrogen-bond acceptors (Lipinski definition) is 5. The first kappa shape index (κ1) is 16.1. The number of nitro groups is 1. The Balaban J connectivity index is 1.92. The summed E-state index contributed by atoms with van der Waals surface area (Å²) < 4.78 is 16.0. The lowest BCUT2D eigenvalue weighted by molar-refractivity contribution is -0.385. The van der Waals surface area contributed by atoms with Crippen molar-refractivity contribution in [3.8, 4) is 0 Å². The molecule has 0 bridgehead atoms. The van der Waals surface area contributed by atoms with Crippen molar-refractivity contribution < 1.29 is 14.1 Å². The van der Waals surface area contributed by atoms with Crippen LogP contribution in [0, 0.1) is 15.9 Å². The molecular formula is C15H16FN5O3. The number of hydrogen-bond donors (Lipinski definition) is 1. The summed E-state index contributed by atoms with van der Waals surface area (Å²) in [5.41, 5.74) is -0.563. The van der Waals surface area contributed by atoms with E-state index in [1.54, 1.807) is 17.3 Å². The molecule has 0 spiro atoms. The first-order chi connectivity index (χ1) is 11.5. The lowest BCUT2D eigenvalue weighted by atomic mass is 10.1. The second-order valence-electron chi connectivity index (χ2n) is 5.54. The fraction of sp³-hybridized carbons (Fsp3) is 0.333. The molecule has 9 heteroatoms. The van der Waals surface area contributed by atoms with Crippen LogP contribution in [-0.2, 0) is 7.05 Å². The average molecular weight is 333 g/mol. The van der Waals surface area contributed by atoms with Crippen molar-refractivity contribution >= 4 is 11.6 Å². The lowest BCUT2D eigenvalue weighted by Crippen LogP contribution is -2.49. The van der Waals surface area contributed by atoms with Crippen LogP contribution in [0.4, 0.5) is 10.1 Å². The van der Waals surface area contributed by atoms with Crippen LogP contribution >= 0.6 is 0 Å². The van der Waals surface area contributed by atoms with Crippen LogP contribution in [0.3, 0.4) is 0 Å². The highest BCUT2D eigenvalue weighted by atomic mass is 19.1. The van der Waals surface area contributed by atoms with Crippen molar-refractivity contribution in [1.82, 2.24) is 19.8 Å². The van der Waals surface area contributed by atoms with Crippen molar-refractivity contribution in [2.75, 3.05) is 19.6 Å². The van der Waals surface area contributed by atoms with E-state index in [1.807, 2.05) is 11.6 Å². The molecule has 1 N–H and O–H groups in total. The molecule has 1 aliphatic heterocycles. The third kappa shape index (κ3) is 2.85. The second kappa shape index (κ2) is 6.36. The summed E-state index contributed by atoms with van der Waals surface area (Å²) in [7, 11) is 1.83. The largest absolute Gasteiger partial charge is 0.336 e. The van der Waals surface area contributed by atoms with Crippen molar-refractivity contribution in [2.24, 2.45) is 7.05 Å². The molecule has 0 radical (unpaired) electrons. The molecule has 1 atom stereocenters. The number of amides is 1. The lowest BCUT2D eigenvalue weighted by Gasteiger charge is -2.35. The molecule has 1 amide bonds. The summed E-state index contributed by atoms with van der Waals surface area (Å²) in [5.74, 6) is -0.707.